The molecule has 6 heteroatoms. The molecule has 0 unspecified atom stereocenters. The molecule has 0 bridgehead atoms. The first-order chi connectivity index (χ1) is 11.0. The molecule has 0 spiro atoms. The van der Waals surface area contributed by atoms with Gasteiger partial charge in [0.1, 0.15) is 5.78 Å². The van der Waals surface area contributed by atoms with Crippen molar-refractivity contribution >= 4 is 23.5 Å². The van der Waals surface area contributed by atoms with Gasteiger partial charge in [0.2, 0.25) is 5.91 Å². The van der Waals surface area contributed by atoms with Gasteiger partial charge in [-0.25, -0.2) is 0 Å². The maximum atomic E-state index is 11.7. The van der Waals surface area contributed by atoms with Crippen LogP contribution in [0.3, 0.4) is 0 Å². The minimum Gasteiger partial charge on any atom is -0.359 e. The van der Waals surface area contributed by atoms with Gasteiger partial charge in [-0.15, -0.1) is 0 Å². The Morgan fingerprint density at radius 1 is 0.870 bits per heavy atom. The molecule has 0 aromatic carbocycles. The van der Waals surface area contributed by atoms with Crippen LogP contribution in [0.4, 0.5) is 0 Å². The molecule has 0 radical (unpaired) electrons. The summed E-state index contributed by atoms with van der Waals surface area (Å²) in [6.07, 6.45) is 9.71. The molecule has 1 rings (SSSR count). The van der Waals surface area contributed by atoms with Gasteiger partial charge in [-0.2, -0.15) is 0 Å². The molecule has 0 atom stereocenters. The minimum atomic E-state index is -0.334. The number of rotatable bonds is 12. The van der Waals surface area contributed by atoms with Crippen LogP contribution in [0.1, 0.15) is 57.8 Å². The summed E-state index contributed by atoms with van der Waals surface area (Å²) in [5.74, 6) is -0.489. The van der Waals surface area contributed by atoms with E-state index in [0.717, 1.165) is 43.4 Å². The molecule has 1 aliphatic heterocycles. The van der Waals surface area contributed by atoms with E-state index in [9.17, 15) is 19.2 Å². The SMILES string of the molecule is CNC(=O)CCCCCCCCC(=O)CCN1C(=O)C=CC1=O. The van der Waals surface area contributed by atoms with Crippen molar-refractivity contribution in [3.8, 4) is 0 Å². The highest BCUT2D eigenvalue weighted by Gasteiger charge is 2.23. The van der Waals surface area contributed by atoms with Crippen molar-refractivity contribution in [3.05, 3.63) is 12.2 Å². The standard InChI is InChI=1S/C17H26N2O4/c1-18-15(21)9-7-5-3-2-4-6-8-14(20)12-13-19-16(22)10-11-17(19)23/h10-11H,2-9,12-13H2,1H3,(H,18,21). The quantitative estimate of drug-likeness (QED) is 0.438. The van der Waals surface area contributed by atoms with Gasteiger partial charge in [0, 0.05) is 45.0 Å². The van der Waals surface area contributed by atoms with Gasteiger partial charge in [-0.05, 0) is 12.8 Å². The molecular weight excluding hydrogens is 296 g/mol. The van der Waals surface area contributed by atoms with Gasteiger partial charge >= 0.3 is 0 Å². The molecule has 0 fully saturated rings. The molecular formula is C17H26N2O4. The lowest BCUT2D eigenvalue weighted by Crippen LogP contribution is -2.32. The second-order valence-corrected chi connectivity index (χ2v) is 5.74. The number of hydrogen-bond acceptors (Lipinski definition) is 4. The van der Waals surface area contributed by atoms with Gasteiger partial charge in [0.05, 0.1) is 0 Å². The lowest BCUT2D eigenvalue weighted by Gasteiger charge is -2.12. The van der Waals surface area contributed by atoms with E-state index in [-0.39, 0.29) is 36.5 Å². The third kappa shape index (κ3) is 7.72. The summed E-state index contributed by atoms with van der Waals surface area (Å²) in [6.45, 7) is 0.184. The van der Waals surface area contributed by atoms with Crippen molar-refractivity contribution in [2.24, 2.45) is 0 Å². The number of carbonyl (C=O) groups excluding carboxylic acids is 4. The molecule has 0 aromatic rings. The van der Waals surface area contributed by atoms with Gasteiger partial charge in [-0.1, -0.05) is 25.7 Å². The van der Waals surface area contributed by atoms with Crippen molar-refractivity contribution in [2.75, 3.05) is 13.6 Å². The second-order valence-electron chi connectivity index (χ2n) is 5.74. The van der Waals surface area contributed by atoms with Crippen molar-refractivity contribution in [3.63, 3.8) is 0 Å². The number of hydrogen-bond donors (Lipinski definition) is 1. The second kappa shape index (κ2) is 10.7. The first-order valence-corrected chi connectivity index (χ1v) is 8.30. The summed E-state index contributed by atoms with van der Waals surface area (Å²) in [5.41, 5.74) is 0. The summed E-state index contributed by atoms with van der Waals surface area (Å²) in [5, 5.41) is 2.60. The van der Waals surface area contributed by atoms with Crippen LogP contribution in [0.25, 0.3) is 0 Å². The summed E-state index contributed by atoms with van der Waals surface area (Å²) in [7, 11) is 1.64. The molecule has 6 nitrogen and oxygen atoms in total. The van der Waals surface area contributed by atoms with Crippen LogP contribution in [-0.2, 0) is 19.2 Å². The van der Waals surface area contributed by atoms with Crippen molar-refractivity contribution in [1.82, 2.24) is 10.2 Å². The fraction of sp³-hybridized carbons (Fsp3) is 0.647. The lowest BCUT2D eigenvalue weighted by molar-refractivity contribution is -0.137. The third-order valence-corrected chi connectivity index (χ3v) is 3.90. The number of nitrogens with zero attached hydrogens (tertiary/aromatic N) is 1. The first kappa shape index (κ1) is 19.1. The zero-order valence-corrected chi connectivity index (χ0v) is 13.8. The highest BCUT2D eigenvalue weighted by atomic mass is 16.2. The molecule has 3 amide bonds. The number of unbranched alkanes of at least 4 members (excludes halogenated alkanes) is 5. The van der Waals surface area contributed by atoms with E-state index in [2.05, 4.69) is 5.32 Å². The predicted molar refractivity (Wildman–Crippen MR) is 86.5 cm³/mol. The molecule has 0 aliphatic carbocycles. The summed E-state index contributed by atoms with van der Waals surface area (Å²) < 4.78 is 0. The number of Topliss-reactive ketones (excluding diaryl/α,β-unsaturated/α-hetero) is 1. The summed E-state index contributed by atoms with van der Waals surface area (Å²) >= 11 is 0. The number of carbonyl (C=O) groups is 4. The Hall–Kier alpha value is -1.98. The monoisotopic (exact) mass is 322 g/mol. The Morgan fingerprint density at radius 2 is 1.39 bits per heavy atom. The van der Waals surface area contributed by atoms with Crippen LogP contribution in [0, 0.1) is 0 Å². The Bertz CT molecular complexity index is 453. The van der Waals surface area contributed by atoms with Crippen LogP contribution in [0.15, 0.2) is 12.2 Å². The average Bonchev–Trinajstić information content (AvgIpc) is 2.86. The zero-order chi connectivity index (χ0) is 17.1. The van der Waals surface area contributed by atoms with Gasteiger partial charge < -0.3 is 5.32 Å². The number of amides is 3. The van der Waals surface area contributed by atoms with E-state index in [4.69, 9.17) is 0 Å². The Morgan fingerprint density at radius 3 is 1.96 bits per heavy atom. The van der Waals surface area contributed by atoms with E-state index in [1.807, 2.05) is 0 Å². The largest absolute Gasteiger partial charge is 0.359 e. The molecule has 23 heavy (non-hydrogen) atoms. The van der Waals surface area contributed by atoms with Gasteiger partial charge in [0.25, 0.3) is 11.8 Å². The molecule has 0 saturated carbocycles. The smallest absolute Gasteiger partial charge is 0.253 e. The zero-order valence-electron chi connectivity index (χ0n) is 13.8. The topological polar surface area (TPSA) is 83.6 Å². The normalized spacial score (nSPS) is 13.7. The highest BCUT2D eigenvalue weighted by Crippen LogP contribution is 2.10. The fourth-order valence-electron chi connectivity index (χ4n) is 2.45. The lowest BCUT2D eigenvalue weighted by atomic mass is 10.1. The number of ketones is 1. The molecule has 128 valence electrons. The van der Waals surface area contributed by atoms with Crippen molar-refractivity contribution in [1.29, 1.82) is 0 Å². The van der Waals surface area contributed by atoms with Crippen molar-refractivity contribution in [2.45, 2.75) is 57.8 Å². The van der Waals surface area contributed by atoms with E-state index in [1.165, 1.54) is 12.2 Å². The Kier molecular flexibility index (Phi) is 8.87. The van der Waals surface area contributed by atoms with Gasteiger partial charge in [0.15, 0.2) is 0 Å². The first-order valence-electron chi connectivity index (χ1n) is 8.30. The highest BCUT2D eigenvalue weighted by molar-refractivity contribution is 6.13. The van der Waals surface area contributed by atoms with E-state index in [1.54, 1.807) is 7.05 Å². The molecule has 0 aromatic heterocycles. The van der Waals surface area contributed by atoms with Crippen LogP contribution < -0.4 is 5.32 Å². The van der Waals surface area contributed by atoms with Crippen LogP contribution in [0.5, 0.6) is 0 Å². The molecule has 1 N–H and O–H groups in total. The molecule has 1 aliphatic rings. The van der Waals surface area contributed by atoms with Crippen LogP contribution in [0.2, 0.25) is 0 Å². The Labute approximate surface area is 137 Å². The van der Waals surface area contributed by atoms with Crippen LogP contribution in [-0.4, -0.2) is 42.0 Å². The summed E-state index contributed by atoms with van der Waals surface area (Å²) in [6, 6.07) is 0. The average molecular weight is 322 g/mol. The number of imide groups is 1. The maximum Gasteiger partial charge on any atom is 0.253 e. The van der Waals surface area contributed by atoms with Gasteiger partial charge in [-0.3, -0.25) is 24.1 Å². The van der Waals surface area contributed by atoms with E-state index in [0.29, 0.717) is 12.8 Å². The third-order valence-electron chi connectivity index (χ3n) is 3.90. The minimum absolute atomic E-state index is 0.0840. The molecule has 0 saturated heterocycles. The maximum absolute atomic E-state index is 11.7. The summed E-state index contributed by atoms with van der Waals surface area (Å²) in [4.78, 5) is 46.5. The predicted octanol–water partition coefficient (Wildman–Crippen LogP) is 1.74. The number of nitrogens with one attached hydrogen (secondary N) is 1. The fourth-order valence-corrected chi connectivity index (χ4v) is 2.45. The van der Waals surface area contributed by atoms with Crippen molar-refractivity contribution < 1.29 is 19.2 Å². The Balaban J connectivity index is 1.95. The molecule has 1 heterocycles. The van der Waals surface area contributed by atoms with Crippen LogP contribution >= 0.6 is 0 Å². The van der Waals surface area contributed by atoms with E-state index < -0.39 is 0 Å². The van der Waals surface area contributed by atoms with E-state index >= 15 is 0 Å².